The highest BCUT2D eigenvalue weighted by Gasteiger charge is 2.11. The van der Waals surface area contributed by atoms with Crippen molar-refractivity contribution < 1.29 is 19.4 Å². The van der Waals surface area contributed by atoms with E-state index in [0.717, 1.165) is 16.2 Å². The Kier molecular flexibility index (Phi) is 6.95. The van der Waals surface area contributed by atoms with Crippen molar-refractivity contribution in [3.05, 3.63) is 54.1 Å². The molecule has 0 aliphatic carbocycles. The molecule has 0 spiro atoms. The normalized spacial score (nSPS) is 12.3. The summed E-state index contributed by atoms with van der Waals surface area (Å²) in [6, 6.07) is 14.5. The number of hydrogen-bond donors (Lipinski definition) is 2. The summed E-state index contributed by atoms with van der Waals surface area (Å²) in [6.45, 7) is 4.53. The smallest absolute Gasteiger partial charge is 0.338 e. The molecular formula is C21H24N2O4S. The van der Waals surface area contributed by atoms with Crippen LogP contribution >= 0.6 is 11.8 Å². The fourth-order valence-corrected chi connectivity index (χ4v) is 3.22. The number of carbonyl (C=O) groups excluding carboxylic acids is 1. The number of ether oxygens (including phenoxy) is 2. The lowest BCUT2D eigenvalue weighted by atomic mass is 10.2. The first kappa shape index (κ1) is 20.2. The molecule has 0 fully saturated rings. The summed E-state index contributed by atoms with van der Waals surface area (Å²) in [4.78, 5) is 19.6. The lowest BCUT2D eigenvalue weighted by molar-refractivity contribution is 0.0459. The molecule has 0 radical (unpaired) electrons. The van der Waals surface area contributed by atoms with Gasteiger partial charge in [-0.25, -0.2) is 9.78 Å². The topological polar surface area (TPSA) is 84.4 Å². The molecule has 2 aromatic carbocycles. The first-order valence-electron chi connectivity index (χ1n) is 9.17. The Labute approximate surface area is 168 Å². The van der Waals surface area contributed by atoms with Crippen molar-refractivity contribution in [3.8, 4) is 5.75 Å². The second-order valence-corrected chi connectivity index (χ2v) is 7.86. The van der Waals surface area contributed by atoms with Crippen LogP contribution in [0.1, 0.15) is 24.2 Å². The van der Waals surface area contributed by atoms with Crippen molar-refractivity contribution in [1.29, 1.82) is 0 Å². The molecule has 0 amide bonds. The molecule has 3 rings (SSSR count). The van der Waals surface area contributed by atoms with Crippen molar-refractivity contribution in [2.24, 2.45) is 5.92 Å². The van der Waals surface area contributed by atoms with E-state index in [9.17, 15) is 9.90 Å². The molecule has 2 N–H and O–H groups in total. The number of aromatic amines is 1. The fraction of sp³-hybridized carbons (Fsp3) is 0.333. The quantitative estimate of drug-likeness (QED) is 0.418. The molecule has 1 aromatic heterocycles. The lowest BCUT2D eigenvalue weighted by Gasteiger charge is -2.12. The number of H-pyrrole nitrogens is 1. The molecule has 1 atom stereocenters. The van der Waals surface area contributed by atoms with Crippen LogP contribution < -0.4 is 4.74 Å². The third kappa shape index (κ3) is 5.74. The lowest BCUT2D eigenvalue weighted by Crippen LogP contribution is -2.20. The van der Waals surface area contributed by atoms with Gasteiger partial charge in [0.1, 0.15) is 12.4 Å². The van der Waals surface area contributed by atoms with Gasteiger partial charge in [-0.3, -0.25) is 0 Å². The van der Waals surface area contributed by atoms with Crippen molar-refractivity contribution in [1.82, 2.24) is 9.97 Å². The van der Waals surface area contributed by atoms with Gasteiger partial charge in [0.15, 0.2) is 5.16 Å². The molecule has 7 heteroatoms. The first-order valence-corrected chi connectivity index (χ1v) is 10.2. The van der Waals surface area contributed by atoms with Crippen molar-refractivity contribution in [3.63, 3.8) is 0 Å². The Morgan fingerprint density at radius 2 is 1.89 bits per heavy atom. The molecule has 3 aromatic rings. The highest BCUT2D eigenvalue weighted by Crippen LogP contribution is 2.20. The first-order chi connectivity index (χ1) is 13.5. The number of para-hydroxylation sites is 2. The van der Waals surface area contributed by atoms with E-state index in [-0.39, 0.29) is 12.6 Å². The number of aliphatic hydroxyl groups excluding tert-OH is 1. The zero-order chi connectivity index (χ0) is 19.9. The van der Waals surface area contributed by atoms with Gasteiger partial charge in [-0.05, 0) is 42.3 Å². The van der Waals surface area contributed by atoms with E-state index in [1.165, 1.54) is 11.8 Å². The number of hydrogen-bond acceptors (Lipinski definition) is 6. The van der Waals surface area contributed by atoms with Crippen molar-refractivity contribution in [2.45, 2.75) is 25.1 Å². The molecule has 28 heavy (non-hydrogen) atoms. The van der Waals surface area contributed by atoms with Crippen LogP contribution in [0.15, 0.2) is 53.7 Å². The maximum absolute atomic E-state index is 11.9. The number of aliphatic hydroxyl groups is 1. The van der Waals surface area contributed by atoms with Gasteiger partial charge in [-0.15, -0.1) is 0 Å². The Balaban J connectivity index is 1.43. The highest BCUT2D eigenvalue weighted by molar-refractivity contribution is 7.99. The van der Waals surface area contributed by atoms with Crippen LogP contribution in [-0.2, 0) is 4.74 Å². The summed E-state index contributed by atoms with van der Waals surface area (Å²) in [7, 11) is 0. The molecular weight excluding hydrogens is 376 g/mol. The second kappa shape index (κ2) is 9.61. The van der Waals surface area contributed by atoms with E-state index in [1.807, 2.05) is 38.1 Å². The molecule has 0 saturated heterocycles. The number of carbonyl (C=O) groups is 1. The number of fused-ring (bicyclic) bond motifs is 1. The van der Waals surface area contributed by atoms with E-state index in [4.69, 9.17) is 9.47 Å². The van der Waals surface area contributed by atoms with Crippen LogP contribution in [0, 0.1) is 5.92 Å². The summed E-state index contributed by atoms with van der Waals surface area (Å²) >= 11 is 1.45. The van der Waals surface area contributed by atoms with Crippen LogP contribution in [0.2, 0.25) is 0 Å². The number of nitrogens with one attached hydrogen (secondary N) is 1. The monoisotopic (exact) mass is 400 g/mol. The molecule has 0 saturated carbocycles. The number of esters is 1. The minimum atomic E-state index is -0.645. The van der Waals surface area contributed by atoms with Gasteiger partial charge in [0.25, 0.3) is 0 Å². The number of thioether (sulfide) groups is 1. The maximum atomic E-state index is 11.9. The Hall–Kier alpha value is -2.51. The predicted molar refractivity (Wildman–Crippen MR) is 110 cm³/mol. The number of benzene rings is 2. The van der Waals surface area contributed by atoms with Crippen LogP contribution in [0.4, 0.5) is 0 Å². The number of rotatable bonds is 9. The van der Waals surface area contributed by atoms with E-state index < -0.39 is 6.10 Å². The third-order valence-electron chi connectivity index (χ3n) is 3.86. The fourth-order valence-electron chi connectivity index (χ4n) is 2.43. The van der Waals surface area contributed by atoms with Gasteiger partial charge < -0.3 is 19.6 Å². The zero-order valence-electron chi connectivity index (χ0n) is 15.9. The van der Waals surface area contributed by atoms with Crippen LogP contribution in [0.5, 0.6) is 5.75 Å². The van der Waals surface area contributed by atoms with Crippen molar-refractivity contribution >= 4 is 28.8 Å². The summed E-state index contributed by atoms with van der Waals surface area (Å²) in [5.41, 5.74) is 2.36. The number of aromatic nitrogens is 2. The molecule has 0 bridgehead atoms. The number of imidazole rings is 1. The summed E-state index contributed by atoms with van der Waals surface area (Å²) in [5, 5.41) is 10.9. The van der Waals surface area contributed by atoms with Gasteiger partial charge in [0.2, 0.25) is 0 Å². The van der Waals surface area contributed by atoms with E-state index in [2.05, 4.69) is 9.97 Å². The SMILES string of the molecule is CC(C)COC(=O)c1ccc(OCC(O)CSc2nc3ccccc3[nH]2)cc1. The molecule has 148 valence electrons. The summed E-state index contributed by atoms with van der Waals surface area (Å²) < 4.78 is 10.8. The van der Waals surface area contributed by atoms with Gasteiger partial charge in [-0.1, -0.05) is 37.7 Å². The minimum absolute atomic E-state index is 0.157. The van der Waals surface area contributed by atoms with E-state index in [0.29, 0.717) is 29.6 Å². The van der Waals surface area contributed by atoms with Gasteiger partial charge in [0, 0.05) is 5.75 Å². The average Bonchev–Trinajstić information content (AvgIpc) is 3.12. The van der Waals surface area contributed by atoms with Gasteiger partial charge in [-0.2, -0.15) is 0 Å². The van der Waals surface area contributed by atoms with E-state index >= 15 is 0 Å². The Bertz CT molecular complexity index is 875. The predicted octanol–water partition coefficient (Wildman–Crippen LogP) is 3.91. The molecule has 0 aliphatic rings. The highest BCUT2D eigenvalue weighted by atomic mass is 32.2. The molecule has 1 heterocycles. The van der Waals surface area contributed by atoms with Crippen molar-refractivity contribution in [2.75, 3.05) is 19.0 Å². The van der Waals surface area contributed by atoms with Crippen LogP contribution in [0.3, 0.4) is 0 Å². The molecule has 0 aliphatic heterocycles. The zero-order valence-corrected chi connectivity index (χ0v) is 16.7. The summed E-state index contributed by atoms with van der Waals surface area (Å²) in [6.07, 6.45) is -0.645. The summed E-state index contributed by atoms with van der Waals surface area (Å²) in [5.74, 6) is 1.00. The molecule has 1 unspecified atom stereocenters. The minimum Gasteiger partial charge on any atom is -0.491 e. The molecule has 6 nitrogen and oxygen atoms in total. The largest absolute Gasteiger partial charge is 0.491 e. The Morgan fingerprint density at radius 3 is 2.61 bits per heavy atom. The van der Waals surface area contributed by atoms with Gasteiger partial charge in [0.05, 0.1) is 29.3 Å². The number of nitrogens with zero attached hydrogens (tertiary/aromatic N) is 1. The Morgan fingerprint density at radius 1 is 1.14 bits per heavy atom. The third-order valence-corrected chi connectivity index (χ3v) is 4.88. The maximum Gasteiger partial charge on any atom is 0.338 e. The standard InChI is InChI=1S/C21H24N2O4S/c1-14(2)11-27-20(25)15-7-9-17(10-8-15)26-12-16(24)13-28-21-22-18-5-3-4-6-19(18)23-21/h3-10,14,16,24H,11-13H2,1-2H3,(H,22,23). The second-order valence-electron chi connectivity index (χ2n) is 6.85. The average molecular weight is 401 g/mol. The van der Waals surface area contributed by atoms with Crippen LogP contribution in [-0.4, -0.2) is 46.1 Å². The van der Waals surface area contributed by atoms with Gasteiger partial charge >= 0.3 is 5.97 Å². The van der Waals surface area contributed by atoms with Crippen LogP contribution in [0.25, 0.3) is 11.0 Å². The van der Waals surface area contributed by atoms with E-state index in [1.54, 1.807) is 24.3 Å².